The molecule has 0 N–H and O–H groups in total. The van der Waals surface area contributed by atoms with Crippen LogP contribution >= 0.6 is 0 Å². The van der Waals surface area contributed by atoms with Crippen LogP contribution in [0.25, 0.3) is 0 Å². The van der Waals surface area contributed by atoms with Gasteiger partial charge in [0.1, 0.15) is 58.4 Å². The predicted molar refractivity (Wildman–Crippen MR) is 119 cm³/mol. The quantitative estimate of drug-likeness (QED) is 0.313. The Hall–Kier alpha value is -3.38. The number of benzene rings is 1. The molecule has 0 saturated heterocycles. The van der Waals surface area contributed by atoms with Crippen molar-refractivity contribution in [2.75, 3.05) is 0 Å². The fourth-order valence-electron chi connectivity index (χ4n) is 4.64. The lowest BCUT2D eigenvalue weighted by Gasteiger charge is -2.27. The molecular weight excluding hydrogens is 568 g/mol. The maximum absolute atomic E-state index is 15.0. The Morgan fingerprint density at radius 2 is 1.50 bits per heavy atom. The molecule has 3 aliphatic rings. The van der Waals surface area contributed by atoms with Gasteiger partial charge in [-0.3, -0.25) is 0 Å². The largest absolute Gasteiger partial charge is 0.433 e. The lowest BCUT2D eigenvalue weighted by Crippen LogP contribution is -2.28. The van der Waals surface area contributed by atoms with E-state index in [0.29, 0.717) is 6.42 Å². The van der Waals surface area contributed by atoms with E-state index in [0.717, 1.165) is 12.2 Å². The highest BCUT2D eigenvalue weighted by Gasteiger charge is 2.47. The third kappa shape index (κ3) is 5.73. The van der Waals surface area contributed by atoms with Gasteiger partial charge in [-0.15, -0.1) is 0 Å². The summed E-state index contributed by atoms with van der Waals surface area (Å²) in [5, 5.41) is 0. The summed E-state index contributed by atoms with van der Waals surface area (Å²) in [7, 11) is 0. The van der Waals surface area contributed by atoms with Crippen molar-refractivity contribution >= 4 is 0 Å². The third-order valence-electron chi connectivity index (χ3n) is 6.46. The van der Waals surface area contributed by atoms with E-state index in [-0.39, 0.29) is 35.3 Å². The number of ether oxygens (including phenoxy) is 1. The van der Waals surface area contributed by atoms with Gasteiger partial charge in [-0.25, -0.2) is 30.7 Å². The molecule has 0 spiro atoms. The molecule has 3 aliphatic carbocycles. The predicted octanol–water partition coefficient (Wildman–Crippen LogP) is 9.48. The summed E-state index contributed by atoms with van der Waals surface area (Å²) >= 11 is 0. The molecule has 0 heterocycles. The molecule has 0 aromatic heterocycles. The van der Waals surface area contributed by atoms with Crippen LogP contribution in [0.2, 0.25) is 0 Å². The first kappa shape index (κ1) is 29.6. The van der Waals surface area contributed by atoms with E-state index in [4.69, 9.17) is 0 Å². The summed E-state index contributed by atoms with van der Waals surface area (Å²) in [5.41, 5.74) is -5.38. The van der Waals surface area contributed by atoms with Crippen LogP contribution < -0.4 is 0 Å². The minimum Gasteiger partial charge on any atom is -0.433 e. The van der Waals surface area contributed by atoms with Gasteiger partial charge in [0.05, 0.1) is 5.92 Å². The molecule has 13 heteroatoms. The van der Waals surface area contributed by atoms with Gasteiger partial charge in [0.15, 0.2) is 0 Å². The summed E-state index contributed by atoms with van der Waals surface area (Å²) in [6.45, 7) is 1.72. The van der Waals surface area contributed by atoms with Gasteiger partial charge in [0.25, 0.3) is 0 Å². The smallest absolute Gasteiger partial charge is 0.432 e. The number of hydrogen-bond acceptors (Lipinski definition) is 1. The molecule has 0 aliphatic heterocycles. The number of hydrogen-bond donors (Lipinski definition) is 0. The summed E-state index contributed by atoms with van der Waals surface area (Å²) < 4.78 is 173. The van der Waals surface area contributed by atoms with Crippen molar-refractivity contribution in [1.29, 1.82) is 0 Å². The zero-order chi connectivity index (χ0) is 29.7. The van der Waals surface area contributed by atoms with Gasteiger partial charge in [-0.1, -0.05) is 13.0 Å². The van der Waals surface area contributed by atoms with Crippen molar-refractivity contribution in [2.45, 2.75) is 50.3 Å². The molecule has 0 bridgehead atoms. The molecule has 0 amide bonds. The van der Waals surface area contributed by atoms with Gasteiger partial charge in [-0.2, -0.15) is 22.0 Å². The molecule has 1 nitrogen and oxygen atoms in total. The highest BCUT2D eigenvalue weighted by Crippen LogP contribution is 2.45. The van der Waals surface area contributed by atoms with Gasteiger partial charge in [0.2, 0.25) is 0 Å². The van der Waals surface area contributed by atoms with Crippen LogP contribution in [0.3, 0.4) is 0 Å². The lowest BCUT2D eigenvalue weighted by atomic mass is 9.83. The van der Waals surface area contributed by atoms with E-state index >= 15 is 0 Å². The molecule has 1 aromatic carbocycles. The van der Waals surface area contributed by atoms with Crippen molar-refractivity contribution < 1.29 is 57.4 Å². The van der Waals surface area contributed by atoms with Crippen molar-refractivity contribution in [1.82, 2.24) is 0 Å². The van der Waals surface area contributed by atoms with Crippen molar-refractivity contribution in [3.8, 4) is 0 Å². The van der Waals surface area contributed by atoms with E-state index in [1.807, 2.05) is 0 Å². The second kappa shape index (κ2) is 10.5. The van der Waals surface area contributed by atoms with Gasteiger partial charge in [0, 0.05) is 18.1 Å². The first-order chi connectivity index (χ1) is 18.5. The molecule has 0 radical (unpaired) electrons. The topological polar surface area (TPSA) is 9.23 Å². The Bertz CT molecular complexity index is 1370. The fourth-order valence-corrected chi connectivity index (χ4v) is 4.64. The van der Waals surface area contributed by atoms with Gasteiger partial charge in [-0.05, 0) is 53.8 Å². The first-order valence-corrected chi connectivity index (χ1v) is 11.7. The Kier molecular flexibility index (Phi) is 7.81. The highest BCUT2D eigenvalue weighted by molar-refractivity contribution is 5.55. The Balaban J connectivity index is 1.61. The molecule has 40 heavy (non-hydrogen) atoms. The summed E-state index contributed by atoms with van der Waals surface area (Å²) in [6, 6.07) is 0.382. The summed E-state index contributed by atoms with van der Waals surface area (Å²) in [6.07, 6.45) is -12.9. The molecule has 4 atom stereocenters. The number of allylic oxidation sites excluding steroid dienone is 12. The van der Waals surface area contributed by atoms with Gasteiger partial charge >= 0.3 is 12.3 Å². The summed E-state index contributed by atoms with van der Waals surface area (Å²) in [4.78, 5) is 0. The Morgan fingerprint density at radius 1 is 0.875 bits per heavy atom. The molecule has 216 valence electrons. The molecule has 3 unspecified atom stereocenters. The second-order valence-electron chi connectivity index (χ2n) is 9.44. The number of alkyl halides is 7. The minimum absolute atomic E-state index is 0.0833. The third-order valence-corrected chi connectivity index (χ3v) is 6.46. The Morgan fingerprint density at radius 3 is 2.02 bits per heavy atom. The maximum atomic E-state index is 15.0. The number of rotatable bonds is 5. The van der Waals surface area contributed by atoms with Crippen LogP contribution in [-0.2, 0) is 10.8 Å². The average molecular weight is 586 g/mol. The zero-order valence-electron chi connectivity index (χ0n) is 20.2. The highest BCUT2D eigenvalue weighted by atomic mass is 19.4. The molecular formula is C27H18F12O. The minimum atomic E-state index is -5.45. The van der Waals surface area contributed by atoms with Crippen molar-refractivity contribution in [3.05, 3.63) is 105 Å². The monoisotopic (exact) mass is 586 g/mol. The van der Waals surface area contributed by atoms with Crippen LogP contribution in [0, 0.1) is 17.6 Å². The van der Waals surface area contributed by atoms with E-state index in [9.17, 15) is 52.7 Å². The van der Waals surface area contributed by atoms with Crippen molar-refractivity contribution in [2.24, 2.45) is 5.92 Å². The van der Waals surface area contributed by atoms with E-state index in [1.54, 1.807) is 6.92 Å². The number of halogens is 12. The first-order valence-electron chi connectivity index (χ1n) is 11.7. The Labute approximate surface area is 219 Å². The SMILES string of the molecule is CC1C=C(F)C(C2=C[C@H](F)C(c3cc(F)c(C(F)(F)OC4=CC(F)=C(C(F)(F)F)C(F)C4)c(F)c3)C(F)=C2)=CC1. The lowest BCUT2D eigenvalue weighted by molar-refractivity contribution is -0.230. The normalized spacial score (nSPS) is 26.1. The van der Waals surface area contributed by atoms with E-state index in [1.165, 1.54) is 12.2 Å². The van der Waals surface area contributed by atoms with E-state index < -0.39 is 88.5 Å². The average Bonchev–Trinajstić information content (AvgIpc) is 2.76. The van der Waals surface area contributed by atoms with Gasteiger partial charge < -0.3 is 4.74 Å². The molecule has 1 aromatic rings. The van der Waals surface area contributed by atoms with E-state index in [2.05, 4.69) is 4.74 Å². The van der Waals surface area contributed by atoms with Crippen LogP contribution in [0.4, 0.5) is 52.7 Å². The van der Waals surface area contributed by atoms with Crippen LogP contribution in [0.1, 0.15) is 36.8 Å². The molecule has 4 rings (SSSR count). The molecule has 0 saturated carbocycles. The standard InChI is InChI=1S/C27H18F12O/c1-11-2-3-15(16(28)4-11)12-5-17(29)23(18(30)6-12)13-7-19(31)25(20(32)8-13)27(38,39)40-14-9-21(33)24(22(34)10-14)26(35,36)37/h3-9,11,17,22-23H,2,10H2,1H3/t11?,17-,22?,23?/m0/s1. The van der Waals surface area contributed by atoms with Crippen LogP contribution in [-0.4, -0.2) is 18.5 Å². The van der Waals surface area contributed by atoms with Crippen molar-refractivity contribution in [3.63, 3.8) is 0 Å². The summed E-state index contributed by atoms with van der Waals surface area (Å²) in [5.74, 6) is -11.9. The fraction of sp³-hybridized carbons (Fsp3) is 0.333. The second-order valence-corrected chi connectivity index (χ2v) is 9.44. The van der Waals surface area contributed by atoms with Crippen LogP contribution in [0.15, 0.2) is 82.5 Å². The maximum Gasteiger partial charge on any atom is 0.432 e. The molecule has 0 fully saturated rings. The zero-order valence-corrected chi connectivity index (χ0v) is 20.2. The van der Waals surface area contributed by atoms with Crippen LogP contribution in [0.5, 0.6) is 0 Å².